The summed E-state index contributed by atoms with van der Waals surface area (Å²) in [6.07, 6.45) is 2.95. The molecule has 0 aliphatic heterocycles. The first-order valence-electron chi connectivity index (χ1n) is 4.27. The summed E-state index contributed by atoms with van der Waals surface area (Å²) >= 11 is 1.34. The van der Waals surface area contributed by atoms with Gasteiger partial charge in [-0.3, -0.25) is 5.10 Å². The standard InChI is InChI=1S/C8H8N6OS/c9-7(14-15)5-1-2-6(10-3-5)16-8-11-4-12-13-8/h1-4,15H,(H2,9,14)(H,11,12,13). The van der Waals surface area contributed by atoms with Crippen LogP contribution in [-0.4, -0.2) is 31.2 Å². The van der Waals surface area contributed by atoms with Gasteiger partial charge in [-0.25, -0.2) is 9.97 Å². The molecule has 0 radical (unpaired) electrons. The molecule has 7 nitrogen and oxygen atoms in total. The molecule has 0 bridgehead atoms. The predicted octanol–water partition coefficient (Wildman–Crippen LogP) is 0.445. The van der Waals surface area contributed by atoms with Crippen molar-refractivity contribution in [2.45, 2.75) is 10.2 Å². The fraction of sp³-hybridized carbons (Fsp3) is 0. The Kier molecular flexibility index (Phi) is 3.01. The van der Waals surface area contributed by atoms with Crippen LogP contribution in [-0.2, 0) is 0 Å². The lowest BCUT2D eigenvalue weighted by molar-refractivity contribution is 0.318. The van der Waals surface area contributed by atoms with E-state index >= 15 is 0 Å². The highest BCUT2D eigenvalue weighted by atomic mass is 32.2. The molecule has 2 rings (SSSR count). The fourth-order valence-electron chi connectivity index (χ4n) is 0.992. The van der Waals surface area contributed by atoms with Crippen LogP contribution in [0.1, 0.15) is 5.56 Å². The van der Waals surface area contributed by atoms with Gasteiger partial charge in [-0.15, -0.1) is 0 Å². The third kappa shape index (κ3) is 2.28. The minimum absolute atomic E-state index is 0.0312. The molecule has 0 aliphatic rings. The lowest BCUT2D eigenvalue weighted by Crippen LogP contribution is -2.13. The molecule has 0 unspecified atom stereocenters. The number of hydrogen-bond acceptors (Lipinski definition) is 6. The topological polar surface area (TPSA) is 113 Å². The van der Waals surface area contributed by atoms with E-state index in [9.17, 15) is 0 Å². The van der Waals surface area contributed by atoms with Gasteiger partial charge in [-0.05, 0) is 23.9 Å². The number of H-pyrrole nitrogens is 1. The summed E-state index contributed by atoms with van der Waals surface area (Å²) in [5, 5.41) is 19.2. The molecule has 0 saturated heterocycles. The van der Waals surface area contributed by atoms with E-state index in [1.807, 2.05) is 0 Å². The van der Waals surface area contributed by atoms with Gasteiger partial charge in [0.25, 0.3) is 0 Å². The van der Waals surface area contributed by atoms with Gasteiger partial charge < -0.3 is 10.9 Å². The number of oxime groups is 1. The Morgan fingerprint density at radius 2 is 2.31 bits per heavy atom. The third-order valence-corrected chi connectivity index (χ3v) is 2.57. The zero-order chi connectivity index (χ0) is 11.4. The van der Waals surface area contributed by atoms with Crippen LogP contribution in [0.15, 0.2) is 40.0 Å². The number of aromatic amines is 1. The quantitative estimate of drug-likeness (QED) is 0.308. The third-order valence-electron chi connectivity index (χ3n) is 1.73. The van der Waals surface area contributed by atoms with Crippen LogP contribution >= 0.6 is 11.8 Å². The van der Waals surface area contributed by atoms with Crippen molar-refractivity contribution in [3.63, 3.8) is 0 Å². The highest BCUT2D eigenvalue weighted by Gasteiger charge is 2.03. The summed E-state index contributed by atoms with van der Waals surface area (Å²) in [5.41, 5.74) is 5.96. The van der Waals surface area contributed by atoms with Crippen molar-refractivity contribution < 1.29 is 5.21 Å². The van der Waals surface area contributed by atoms with Gasteiger partial charge in [0.15, 0.2) is 11.0 Å². The number of rotatable bonds is 3. The molecule has 82 valence electrons. The number of pyridine rings is 1. The van der Waals surface area contributed by atoms with E-state index in [0.29, 0.717) is 10.7 Å². The van der Waals surface area contributed by atoms with E-state index < -0.39 is 0 Å². The Bertz CT molecular complexity index is 480. The number of amidine groups is 1. The van der Waals surface area contributed by atoms with Crippen LogP contribution < -0.4 is 5.73 Å². The zero-order valence-electron chi connectivity index (χ0n) is 8.03. The van der Waals surface area contributed by atoms with Crippen molar-refractivity contribution in [2.24, 2.45) is 10.9 Å². The highest BCUT2D eigenvalue weighted by Crippen LogP contribution is 2.21. The number of nitrogens with one attached hydrogen (secondary N) is 1. The van der Waals surface area contributed by atoms with E-state index in [-0.39, 0.29) is 5.84 Å². The first-order valence-corrected chi connectivity index (χ1v) is 5.08. The number of aromatic nitrogens is 4. The van der Waals surface area contributed by atoms with Crippen molar-refractivity contribution in [3.05, 3.63) is 30.2 Å². The minimum atomic E-state index is 0.0312. The summed E-state index contributed by atoms with van der Waals surface area (Å²) in [6, 6.07) is 3.46. The number of nitrogens with two attached hydrogens (primary N) is 1. The monoisotopic (exact) mass is 236 g/mol. The summed E-state index contributed by atoms with van der Waals surface area (Å²) < 4.78 is 0. The first-order chi connectivity index (χ1) is 7.79. The summed E-state index contributed by atoms with van der Waals surface area (Å²) in [4.78, 5) is 8.08. The van der Waals surface area contributed by atoms with E-state index in [1.165, 1.54) is 24.3 Å². The van der Waals surface area contributed by atoms with Crippen LogP contribution in [0.3, 0.4) is 0 Å². The van der Waals surface area contributed by atoms with Gasteiger partial charge in [0.1, 0.15) is 11.4 Å². The van der Waals surface area contributed by atoms with Crippen LogP contribution in [0.2, 0.25) is 0 Å². The van der Waals surface area contributed by atoms with E-state index in [1.54, 1.807) is 12.1 Å². The maximum absolute atomic E-state index is 8.47. The molecule has 0 aromatic carbocycles. The first kappa shape index (κ1) is 10.4. The summed E-state index contributed by atoms with van der Waals surface area (Å²) in [5.74, 6) is 0.0312. The Morgan fingerprint density at radius 1 is 1.44 bits per heavy atom. The normalized spacial score (nSPS) is 11.6. The molecule has 0 spiro atoms. The van der Waals surface area contributed by atoms with Gasteiger partial charge in [0, 0.05) is 11.8 Å². The highest BCUT2D eigenvalue weighted by molar-refractivity contribution is 7.99. The Labute approximate surface area is 94.8 Å². The van der Waals surface area contributed by atoms with Crippen LogP contribution in [0.25, 0.3) is 0 Å². The fourth-order valence-corrected chi connectivity index (χ4v) is 1.63. The van der Waals surface area contributed by atoms with E-state index in [0.717, 1.165) is 5.03 Å². The molecule has 8 heteroatoms. The largest absolute Gasteiger partial charge is 0.409 e. The van der Waals surface area contributed by atoms with Gasteiger partial charge in [0.2, 0.25) is 0 Å². The molecular formula is C8H8N6OS. The summed E-state index contributed by atoms with van der Waals surface area (Å²) in [6.45, 7) is 0. The zero-order valence-corrected chi connectivity index (χ0v) is 8.85. The average molecular weight is 236 g/mol. The Balaban J connectivity index is 2.14. The summed E-state index contributed by atoms with van der Waals surface area (Å²) in [7, 11) is 0. The molecule has 0 fully saturated rings. The van der Waals surface area contributed by atoms with Crippen LogP contribution in [0.4, 0.5) is 0 Å². The second kappa shape index (κ2) is 4.62. The van der Waals surface area contributed by atoms with Crippen molar-refractivity contribution in [1.82, 2.24) is 20.2 Å². The molecule has 2 aromatic rings. The number of hydrogen-bond donors (Lipinski definition) is 3. The second-order valence-electron chi connectivity index (χ2n) is 2.76. The van der Waals surface area contributed by atoms with Gasteiger partial charge in [-0.2, -0.15) is 5.10 Å². The molecular weight excluding hydrogens is 228 g/mol. The molecule has 0 saturated carbocycles. The molecule has 0 atom stereocenters. The Hall–Kier alpha value is -2.09. The smallest absolute Gasteiger partial charge is 0.189 e. The van der Waals surface area contributed by atoms with Gasteiger partial charge in [0.05, 0.1) is 0 Å². The average Bonchev–Trinajstić information content (AvgIpc) is 2.82. The molecule has 2 heterocycles. The molecule has 0 amide bonds. The van der Waals surface area contributed by atoms with Crippen molar-refractivity contribution in [2.75, 3.05) is 0 Å². The Morgan fingerprint density at radius 3 is 2.88 bits per heavy atom. The lowest BCUT2D eigenvalue weighted by Gasteiger charge is -1.99. The lowest BCUT2D eigenvalue weighted by atomic mass is 10.3. The molecule has 0 aliphatic carbocycles. The SMILES string of the molecule is N/C(=N\O)c1ccc(Sc2ncn[nH]2)nc1. The van der Waals surface area contributed by atoms with Gasteiger partial charge in [-0.1, -0.05) is 5.16 Å². The van der Waals surface area contributed by atoms with Crippen molar-refractivity contribution in [3.8, 4) is 0 Å². The van der Waals surface area contributed by atoms with Crippen molar-refractivity contribution >= 4 is 17.6 Å². The van der Waals surface area contributed by atoms with E-state index in [4.69, 9.17) is 10.9 Å². The van der Waals surface area contributed by atoms with E-state index in [2.05, 4.69) is 25.3 Å². The molecule has 2 aromatic heterocycles. The molecule has 4 N–H and O–H groups in total. The maximum atomic E-state index is 8.47. The van der Waals surface area contributed by atoms with Crippen molar-refractivity contribution in [1.29, 1.82) is 0 Å². The minimum Gasteiger partial charge on any atom is -0.409 e. The molecule has 16 heavy (non-hydrogen) atoms. The maximum Gasteiger partial charge on any atom is 0.189 e. The number of nitrogens with zero attached hydrogens (tertiary/aromatic N) is 4. The van der Waals surface area contributed by atoms with Crippen LogP contribution in [0.5, 0.6) is 0 Å². The predicted molar refractivity (Wildman–Crippen MR) is 57.3 cm³/mol. The second-order valence-corrected chi connectivity index (χ2v) is 3.77. The van der Waals surface area contributed by atoms with Crippen LogP contribution in [0, 0.1) is 0 Å². The van der Waals surface area contributed by atoms with Gasteiger partial charge >= 0.3 is 0 Å².